The van der Waals surface area contributed by atoms with Gasteiger partial charge < -0.3 is 5.73 Å². The maximum atomic E-state index is 12.7. The smallest absolute Gasteiger partial charge is 0.285 e. The first-order chi connectivity index (χ1) is 6.43. The maximum absolute atomic E-state index is 12.7. The fourth-order valence-electron chi connectivity index (χ4n) is 1.14. The van der Waals surface area contributed by atoms with Crippen molar-refractivity contribution >= 4 is 17.2 Å². The summed E-state index contributed by atoms with van der Waals surface area (Å²) in [6.45, 7) is 1.14. The van der Waals surface area contributed by atoms with Gasteiger partial charge in [-0.3, -0.25) is 14.9 Å². The second kappa shape index (κ2) is 3.41. The quantitative estimate of drug-likeness (QED) is 0.338. The van der Waals surface area contributed by atoms with Gasteiger partial charge in [-0.2, -0.15) is 0 Å². The summed E-state index contributed by atoms with van der Waals surface area (Å²) >= 11 is 0. The van der Waals surface area contributed by atoms with E-state index in [9.17, 15) is 19.3 Å². The molecule has 0 atom stereocenters. The molecule has 0 bridgehead atoms. The van der Waals surface area contributed by atoms with Crippen molar-refractivity contribution in [2.45, 2.75) is 6.92 Å². The molecule has 1 rings (SSSR count). The van der Waals surface area contributed by atoms with Gasteiger partial charge in [0.2, 0.25) is 0 Å². The van der Waals surface area contributed by atoms with E-state index in [-0.39, 0.29) is 11.3 Å². The Labute approximate surface area is 78.5 Å². The lowest BCUT2D eigenvalue weighted by Gasteiger charge is -2.02. The van der Waals surface area contributed by atoms with E-state index in [2.05, 4.69) is 0 Å². The topological polar surface area (TPSA) is 86.2 Å². The summed E-state index contributed by atoms with van der Waals surface area (Å²) in [5.74, 6) is -1.39. The predicted octanol–water partition coefficient (Wildman–Crippen LogP) is 1.52. The standard InChI is InChI=1S/C8H7FN2O3/c1-4(12)8-6(10)2-5(9)3-7(8)11(13)14/h2-3H,10H2,1H3. The summed E-state index contributed by atoms with van der Waals surface area (Å²) in [6, 6.07) is 1.55. The Kier molecular flexibility index (Phi) is 2.46. The summed E-state index contributed by atoms with van der Waals surface area (Å²) in [5.41, 5.74) is 4.22. The highest BCUT2D eigenvalue weighted by Gasteiger charge is 2.21. The van der Waals surface area contributed by atoms with Crippen LogP contribution in [-0.4, -0.2) is 10.7 Å². The molecule has 0 unspecified atom stereocenters. The number of nitrogens with two attached hydrogens (primary N) is 1. The Morgan fingerprint density at radius 1 is 1.57 bits per heavy atom. The molecule has 0 heterocycles. The normalized spacial score (nSPS) is 9.86. The third-order valence-corrected chi connectivity index (χ3v) is 1.66. The number of halogens is 1. The van der Waals surface area contributed by atoms with Crippen LogP contribution in [0, 0.1) is 15.9 Å². The monoisotopic (exact) mass is 198 g/mol. The van der Waals surface area contributed by atoms with E-state index in [4.69, 9.17) is 5.73 Å². The number of carbonyl (C=O) groups is 1. The van der Waals surface area contributed by atoms with Crippen molar-refractivity contribution in [2.24, 2.45) is 0 Å². The van der Waals surface area contributed by atoms with Crippen LogP contribution in [0.2, 0.25) is 0 Å². The summed E-state index contributed by atoms with van der Waals surface area (Å²) in [4.78, 5) is 20.6. The fourth-order valence-corrected chi connectivity index (χ4v) is 1.14. The molecule has 1 aromatic rings. The number of benzene rings is 1. The van der Waals surface area contributed by atoms with Crippen molar-refractivity contribution in [3.05, 3.63) is 33.6 Å². The van der Waals surface area contributed by atoms with Crippen molar-refractivity contribution < 1.29 is 14.1 Å². The van der Waals surface area contributed by atoms with Gasteiger partial charge in [0.25, 0.3) is 5.69 Å². The van der Waals surface area contributed by atoms with Crippen LogP contribution in [0.25, 0.3) is 0 Å². The third-order valence-electron chi connectivity index (χ3n) is 1.66. The minimum Gasteiger partial charge on any atom is -0.398 e. The van der Waals surface area contributed by atoms with Crippen LogP contribution >= 0.6 is 0 Å². The van der Waals surface area contributed by atoms with Gasteiger partial charge >= 0.3 is 0 Å². The molecule has 0 aliphatic carbocycles. The Bertz CT molecular complexity index is 417. The molecule has 0 saturated heterocycles. The van der Waals surface area contributed by atoms with Crippen LogP contribution < -0.4 is 5.73 Å². The number of nitro benzene ring substituents is 1. The van der Waals surface area contributed by atoms with Crippen molar-refractivity contribution in [3.8, 4) is 0 Å². The molecule has 74 valence electrons. The molecular formula is C8H7FN2O3. The average molecular weight is 198 g/mol. The molecule has 6 heteroatoms. The Hall–Kier alpha value is -1.98. The third kappa shape index (κ3) is 1.68. The number of nitrogens with zero attached hydrogens (tertiary/aromatic N) is 1. The molecule has 0 radical (unpaired) electrons. The molecule has 0 saturated carbocycles. The van der Waals surface area contributed by atoms with Crippen LogP contribution in [-0.2, 0) is 0 Å². The molecule has 0 aliphatic heterocycles. The number of rotatable bonds is 2. The van der Waals surface area contributed by atoms with Crippen LogP contribution in [0.1, 0.15) is 17.3 Å². The SMILES string of the molecule is CC(=O)c1c(N)cc(F)cc1[N+](=O)[O-]. The second-order valence-corrected chi connectivity index (χ2v) is 2.70. The lowest BCUT2D eigenvalue weighted by molar-refractivity contribution is -0.385. The van der Waals surface area contributed by atoms with Crippen LogP contribution in [0.4, 0.5) is 15.8 Å². The zero-order valence-corrected chi connectivity index (χ0v) is 7.28. The molecule has 2 N–H and O–H groups in total. The molecule has 5 nitrogen and oxygen atoms in total. The van der Waals surface area contributed by atoms with Crippen LogP contribution in [0.3, 0.4) is 0 Å². The molecule has 14 heavy (non-hydrogen) atoms. The zero-order chi connectivity index (χ0) is 10.9. The molecule has 0 fully saturated rings. The molecule has 0 aromatic heterocycles. The van der Waals surface area contributed by atoms with E-state index in [1.165, 1.54) is 0 Å². The first-order valence-corrected chi connectivity index (χ1v) is 3.68. The number of ketones is 1. The number of carbonyl (C=O) groups excluding carboxylic acids is 1. The number of Topliss-reactive ketones (excluding diaryl/α,β-unsaturated/α-hetero) is 1. The van der Waals surface area contributed by atoms with Gasteiger partial charge in [0.05, 0.1) is 16.7 Å². The highest BCUT2D eigenvalue weighted by Crippen LogP contribution is 2.26. The zero-order valence-electron chi connectivity index (χ0n) is 7.28. The number of hydrogen-bond donors (Lipinski definition) is 1. The minimum absolute atomic E-state index is 0.218. The predicted molar refractivity (Wildman–Crippen MR) is 47.5 cm³/mol. The lowest BCUT2D eigenvalue weighted by atomic mass is 10.1. The van der Waals surface area contributed by atoms with Gasteiger partial charge in [-0.25, -0.2) is 4.39 Å². The number of anilines is 1. The van der Waals surface area contributed by atoms with Gasteiger partial charge in [-0.1, -0.05) is 0 Å². The van der Waals surface area contributed by atoms with E-state index < -0.39 is 22.2 Å². The van der Waals surface area contributed by atoms with E-state index in [1.54, 1.807) is 0 Å². The lowest BCUT2D eigenvalue weighted by Crippen LogP contribution is -2.05. The van der Waals surface area contributed by atoms with Crippen molar-refractivity contribution in [3.63, 3.8) is 0 Å². The summed E-state index contributed by atoms with van der Waals surface area (Å²) in [5, 5.41) is 10.5. The largest absolute Gasteiger partial charge is 0.398 e. The average Bonchev–Trinajstić information content (AvgIpc) is 2.01. The van der Waals surface area contributed by atoms with E-state index in [0.717, 1.165) is 13.0 Å². The van der Waals surface area contributed by atoms with E-state index >= 15 is 0 Å². The fraction of sp³-hybridized carbons (Fsp3) is 0.125. The van der Waals surface area contributed by atoms with Gasteiger partial charge in [0.1, 0.15) is 11.4 Å². The van der Waals surface area contributed by atoms with Crippen LogP contribution in [0.15, 0.2) is 12.1 Å². The minimum atomic E-state index is -0.837. The number of nitro groups is 1. The maximum Gasteiger partial charge on any atom is 0.285 e. The van der Waals surface area contributed by atoms with Crippen molar-refractivity contribution in [2.75, 3.05) is 5.73 Å². The molecule has 1 aromatic carbocycles. The molecule has 0 amide bonds. The summed E-state index contributed by atoms with van der Waals surface area (Å²) in [6.07, 6.45) is 0. The molecule has 0 spiro atoms. The highest BCUT2D eigenvalue weighted by molar-refractivity contribution is 6.02. The van der Waals surface area contributed by atoms with Crippen LogP contribution in [0.5, 0.6) is 0 Å². The second-order valence-electron chi connectivity index (χ2n) is 2.70. The van der Waals surface area contributed by atoms with Gasteiger partial charge in [0, 0.05) is 0 Å². The van der Waals surface area contributed by atoms with Crippen molar-refractivity contribution in [1.29, 1.82) is 0 Å². The number of hydrogen-bond acceptors (Lipinski definition) is 4. The first-order valence-electron chi connectivity index (χ1n) is 3.68. The van der Waals surface area contributed by atoms with E-state index in [1.807, 2.05) is 0 Å². The van der Waals surface area contributed by atoms with Gasteiger partial charge in [-0.15, -0.1) is 0 Å². The number of nitrogen functional groups attached to an aromatic ring is 1. The highest BCUT2D eigenvalue weighted by atomic mass is 19.1. The Balaban J connectivity index is 3.52. The van der Waals surface area contributed by atoms with E-state index in [0.29, 0.717) is 6.07 Å². The summed E-state index contributed by atoms with van der Waals surface area (Å²) < 4.78 is 12.7. The summed E-state index contributed by atoms with van der Waals surface area (Å²) in [7, 11) is 0. The Morgan fingerprint density at radius 2 is 2.14 bits per heavy atom. The first kappa shape index (κ1) is 10.1. The van der Waals surface area contributed by atoms with Gasteiger partial charge in [0.15, 0.2) is 5.78 Å². The van der Waals surface area contributed by atoms with Crippen molar-refractivity contribution in [1.82, 2.24) is 0 Å². The molecule has 0 aliphatic rings. The molecular weight excluding hydrogens is 191 g/mol. The Morgan fingerprint density at radius 3 is 2.57 bits per heavy atom. The van der Waals surface area contributed by atoms with Gasteiger partial charge in [-0.05, 0) is 13.0 Å².